The van der Waals surface area contributed by atoms with Crippen LogP contribution < -0.4 is 22.1 Å². The Bertz CT molecular complexity index is 635. The van der Waals surface area contributed by atoms with Crippen molar-refractivity contribution in [3.8, 4) is 0 Å². The first-order valence-corrected chi connectivity index (χ1v) is 11.5. The predicted molar refractivity (Wildman–Crippen MR) is 120 cm³/mol. The van der Waals surface area contributed by atoms with Gasteiger partial charge in [-0.15, -0.1) is 0 Å². The van der Waals surface area contributed by atoms with Crippen LogP contribution in [0.3, 0.4) is 0 Å². The van der Waals surface area contributed by atoms with Crippen molar-refractivity contribution in [2.24, 2.45) is 17.4 Å². The molecule has 3 amide bonds. The van der Waals surface area contributed by atoms with Gasteiger partial charge < -0.3 is 32.1 Å². The molecule has 1 heterocycles. The van der Waals surface area contributed by atoms with Crippen LogP contribution >= 0.6 is 12.6 Å². The quantitative estimate of drug-likeness (QED) is 0.159. The molecular weight excluding hydrogens is 422 g/mol. The number of hydrogen-bond donors (Lipinski definition) is 6. The first-order valence-electron chi connectivity index (χ1n) is 10.9. The maximum absolute atomic E-state index is 13.0. The summed E-state index contributed by atoms with van der Waals surface area (Å²) in [4.78, 5) is 51.0. The Morgan fingerprint density at radius 3 is 2.42 bits per heavy atom. The zero-order chi connectivity index (χ0) is 23.6. The average molecular weight is 460 g/mol. The molecule has 1 aliphatic rings. The molecule has 10 nitrogen and oxygen atoms in total. The lowest BCUT2D eigenvalue weighted by Gasteiger charge is -2.29. The second-order valence-electron chi connectivity index (χ2n) is 8.03. The van der Waals surface area contributed by atoms with E-state index in [9.17, 15) is 24.3 Å². The maximum Gasteiger partial charge on any atom is 0.326 e. The topological polar surface area (TPSA) is 168 Å². The molecule has 0 aliphatic carbocycles. The van der Waals surface area contributed by atoms with Gasteiger partial charge in [0.2, 0.25) is 17.7 Å². The normalized spacial score (nSPS) is 19.9. The summed E-state index contributed by atoms with van der Waals surface area (Å²) in [5.74, 6) is -2.70. The van der Waals surface area contributed by atoms with Gasteiger partial charge in [-0.05, 0) is 38.1 Å². The van der Waals surface area contributed by atoms with Crippen molar-refractivity contribution in [2.75, 3.05) is 18.8 Å². The molecule has 31 heavy (non-hydrogen) atoms. The van der Waals surface area contributed by atoms with E-state index in [0.717, 1.165) is 6.42 Å². The Hall–Kier alpha value is -1.85. The van der Waals surface area contributed by atoms with E-state index in [1.165, 1.54) is 4.90 Å². The number of aliphatic carboxylic acids is 1. The molecule has 7 N–H and O–H groups in total. The van der Waals surface area contributed by atoms with Gasteiger partial charge in [-0.1, -0.05) is 26.7 Å². The van der Waals surface area contributed by atoms with Crippen LogP contribution in [-0.2, 0) is 19.2 Å². The number of carboxylic acid groups (broad SMARTS) is 1. The van der Waals surface area contributed by atoms with Gasteiger partial charge in [-0.2, -0.15) is 12.6 Å². The van der Waals surface area contributed by atoms with E-state index in [4.69, 9.17) is 11.5 Å². The number of hydrogen-bond acceptors (Lipinski definition) is 7. The van der Waals surface area contributed by atoms with Crippen LogP contribution in [0.2, 0.25) is 0 Å². The molecule has 0 spiro atoms. The molecule has 5 unspecified atom stereocenters. The predicted octanol–water partition coefficient (Wildman–Crippen LogP) is -0.536. The Morgan fingerprint density at radius 1 is 1.19 bits per heavy atom. The second-order valence-corrected chi connectivity index (χ2v) is 8.40. The summed E-state index contributed by atoms with van der Waals surface area (Å²) in [5, 5.41) is 14.7. The lowest BCUT2D eigenvalue weighted by atomic mass is 9.97. The Labute approximate surface area is 189 Å². The number of carbonyl (C=O) groups excluding carboxylic acids is 3. The molecule has 1 rings (SSSR count). The molecule has 178 valence electrons. The van der Waals surface area contributed by atoms with Gasteiger partial charge >= 0.3 is 5.97 Å². The number of carboxylic acids is 1. The molecule has 0 aromatic heterocycles. The number of rotatable bonds is 13. The number of amides is 3. The fraction of sp³-hybridized carbons (Fsp3) is 0.800. The van der Waals surface area contributed by atoms with E-state index in [-0.39, 0.29) is 11.7 Å². The summed E-state index contributed by atoms with van der Waals surface area (Å²) in [7, 11) is 0. The molecule has 1 fully saturated rings. The molecule has 0 aromatic carbocycles. The van der Waals surface area contributed by atoms with Crippen LogP contribution in [0.1, 0.15) is 52.4 Å². The zero-order valence-corrected chi connectivity index (χ0v) is 19.3. The highest BCUT2D eigenvalue weighted by Crippen LogP contribution is 2.19. The smallest absolute Gasteiger partial charge is 0.326 e. The van der Waals surface area contributed by atoms with E-state index in [1.54, 1.807) is 0 Å². The van der Waals surface area contributed by atoms with Crippen molar-refractivity contribution in [3.05, 3.63) is 0 Å². The summed E-state index contributed by atoms with van der Waals surface area (Å²) in [5.41, 5.74) is 11.4. The van der Waals surface area contributed by atoms with Crippen LogP contribution in [-0.4, -0.2) is 76.7 Å². The van der Waals surface area contributed by atoms with Crippen LogP contribution in [0.4, 0.5) is 0 Å². The molecule has 0 bridgehead atoms. The highest BCUT2D eigenvalue weighted by atomic mass is 32.1. The molecule has 0 saturated carbocycles. The van der Waals surface area contributed by atoms with Gasteiger partial charge in [-0.25, -0.2) is 4.79 Å². The van der Waals surface area contributed by atoms with E-state index in [2.05, 4.69) is 23.3 Å². The molecule has 11 heteroatoms. The lowest BCUT2D eigenvalue weighted by molar-refractivity contribution is -0.149. The molecule has 5 atom stereocenters. The van der Waals surface area contributed by atoms with Crippen LogP contribution in [0, 0.1) is 5.92 Å². The molecule has 0 aromatic rings. The monoisotopic (exact) mass is 459 g/mol. The number of unbranched alkanes of at least 4 members (excludes halogenated alkanes) is 1. The highest BCUT2D eigenvalue weighted by molar-refractivity contribution is 7.80. The number of nitrogens with zero attached hydrogens (tertiary/aromatic N) is 1. The fourth-order valence-electron chi connectivity index (χ4n) is 3.54. The Kier molecular flexibility index (Phi) is 11.9. The van der Waals surface area contributed by atoms with Gasteiger partial charge in [0.05, 0.1) is 6.04 Å². The number of thiol groups is 1. The minimum absolute atomic E-state index is 0.00713. The van der Waals surface area contributed by atoms with E-state index in [0.29, 0.717) is 45.2 Å². The number of nitrogens with two attached hydrogens (primary N) is 2. The van der Waals surface area contributed by atoms with Gasteiger partial charge in [0.1, 0.15) is 18.1 Å². The lowest BCUT2D eigenvalue weighted by Crippen LogP contribution is -2.59. The van der Waals surface area contributed by atoms with Crippen molar-refractivity contribution < 1.29 is 24.3 Å². The summed E-state index contributed by atoms with van der Waals surface area (Å²) in [6.07, 6.45) is 3.51. The van der Waals surface area contributed by atoms with Crippen LogP contribution in [0.15, 0.2) is 0 Å². The SMILES string of the molecule is CCC(C)C(NC(=O)C(N)CCCCN)C(=O)NC(CS)C(=O)N1CCCC1C(=O)O. The highest BCUT2D eigenvalue weighted by Gasteiger charge is 2.38. The Morgan fingerprint density at radius 2 is 1.87 bits per heavy atom. The summed E-state index contributed by atoms with van der Waals surface area (Å²) >= 11 is 4.17. The summed E-state index contributed by atoms with van der Waals surface area (Å²) in [6.45, 7) is 4.55. The molecule has 0 radical (unpaired) electrons. The van der Waals surface area contributed by atoms with Gasteiger partial charge in [-0.3, -0.25) is 14.4 Å². The standard InChI is InChI=1S/C20H37N5O5S/c1-3-12(2)16(24-17(26)13(22)7-4-5-9-21)18(27)23-14(11-31)19(28)25-10-6-8-15(25)20(29)30/h12-16,31H,3-11,21-22H2,1-2H3,(H,23,27)(H,24,26)(H,29,30). The average Bonchev–Trinajstić information content (AvgIpc) is 3.24. The van der Waals surface area contributed by atoms with Gasteiger partial charge in [0.25, 0.3) is 0 Å². The van der Waals surface area contributed by atoms with E-state index in [1.807, 2.05) is 13.8 Å². The third-order valence-corrected chi connectivity index (χ3v) is 6.08. The van der Waals surface area contributed by atoms with Crippen molar-refractivity contribution in [1.82, 2.24) is 15.5 Å². The first-order chi connectivity index (χ1) is 14.7. The molecular formula is C20H37N5O5S. The number of carbonyl (C=O) groups is 4. The second kappa shape index (κ2) is 13.5. The Balaban J connectivity index is 2.83. The maximum atomic E-state index is 13.0. The zero-order valence-electron chi connectivity index (χ0n) is 18.4. The molecule has 1 saturated heterocycles. The fourth-order valence-corrected chi connectivity index (χ4v) is 3.78. The number of likely N-dealkylation sites (tertiary alicyclic amines) is 1. The van der Waals surface area contributed by atoms with Crippen LogP contribution in [0.25, 0.3) is 0 Å². The van der Waals surface area contributed by atoms with Crippen molar-refractivity contribution in [1.29, 1.82) is 0 Å². The van der Waals surface area contributed by atoms with E-state index < -0.39 is 47.9 Å². The third kappa shape index (κ3) is 7.97. The first kappa shape index (κ1) is 27.2. The summed E-state index contributed by atoms with van der Waals surface area (Å²) in [6, 6.07) is -3.52. The van der Waals surface area contributed by atoms with Gasteiger partial charge in [0.15, 0.2) is 0 Å². The summed E-state index contributed by atoms with van der Waals surface area (Å²) < 4.78 is 0. The van der Waals surface area contributed by atoms with Gasteiger partial charge in [0, 0.05) is 12.3 Å². The minimum Gasteiger partial charge on any atom is -0.480 e. The van der Waals surface area contributed by atoms with Crippen LogP contribution in [0.5, 0.6) is 0 Å². The van der Waals surface area contributed by atoms with Crippen molar-refractivity contribution >= 4 is 36.3 Å². The van der Waals surface area contributed by atoms with E-state index >= 15 is 0 Å². The minimum atomic E-state index is -1.07. The largest absolute Gasteiger partial charge is 0.480 e. The van der Waals surface area contributed by atoms with Crippen molar-refractivity contribution in [3.63, 3.8) is 0 Å². The van der Waals surface area contributed by atoms with Crippen molar-refractivity contribution in [2.45, 2.75) is 76.5 Å². The molecule has 1 aliphatic heterocycles. The third-order valence-electron chi connectivity index (χ3n) is 5.72. The number of nitrogens with one attached hydrogen (secondary N) is 2.